The van der Waals surface area contributed by atoms with Gasteiger partial charge in [-0.2, -0.15) is 0 Å². The quantitative estimate of drug-likeness (QED) is 0.760. The van der Waals surface area contributed by atoms with Crippen LogP contribution in [0.5, 0.6) is 0 Å². The van der Waals surface area contributed by atoms with Gasteiger partial charge in [0.05, 0.1) is 20.1 Å². The van der Waals surface area contributed by atoms with E-state index in [-0.39, 0.29) is 24.8 Å². The molecule has 0 bridgehead atoms. The minimum absolute atomic E-state index is 0.123. The van der Waals surface area contributed by atoms with Gasteiger partial charge >= 0.3 is 5.97 Å². The van der Waals surface area contributed by atoms with Gasteiger partial charge in [0.25, 0.3) is 0 Å². The molecule has 0 saturated carbocycles. The molecule has 0 aliphatic rings. The average Bonchev–Trinajstić information content (AvgIpc) is 2.49. The number of anilines is 1. The van der Waals surface area contributed by atoms with Crippen LogP contribution in [-0.4, -0.2) is 31.1 Å². The van der Waals surface area contributed by atoms with Crippen molar-refractivity contribution in [2.75, 3.05) is 19.0 Å². The molecule has 0 radical (unpaired) electrons. The number of methoxy groups -OCH3 is 1. The Morgan fingerprint density at radius 3 is 2.32 bits per heavy atom. The minimum Gasteiger partial charge on any atom is -0.469 e. The average molecular weight is 306 g/mol. The molecule has 0 aliphatic carbocycles. The summed E-state index contributed by atoms with van der Waals surface area (Å²) < 4.78 is 4.70. The summed E-state index contributed by atoms with van der Waals surface area (Å²) >= 11 is 0. The zero-order chi connectivity index (χ0) is 16.8. The molecule has 5 nitrogen and oxygen atoms in total. The van der Waals surface area contributed by atoms with E-state index in [4.69, 9.17) is 4.74 Å². The lowest BCUT2D eigenvalue weighted by Gasteiger charge is -2.28. The van der Waals surface area contributed by atoms with Crippen molar-refractivity contribution in [3.05, 3.63) is 29.3 Å². The maximum absolute atomic E-state index is 12.1. The third kappa shape index (κ3) is 5.15. The Labute approximate surface area is 132 Å². The largest absolute Gasteiger partial charge is 0.469 e. The minimum atomic E-state index is -0.453. The Hall–Kier alpha value is -1.88. The highest BCUT2D eigenvalue weighted by molar-refractivity contribution is 5.93. The lowest BCUT2D eigenvalue weighted by molar-refractivity contribution is -0.142. The van der Waals surface area contributed by atoms with Crippen LogP contribution in [0.1, 0.15) is 37.8 Å². The lowest BCUT2D eigenvalue weighted by atomic mass is 9.94. The first-order valence-corrected chi connectivity index (χ1v) is 7.49. The number of aryl methyl sites for hydroxylation is 2. The molecule has 1 aromatic carbocycles. The van der Waals surface area contributed by atoms with E-state index in [0.29, 0.717) is 0 Å². The Morgan fingerprint density at radius 2 is 1.82 bits per heavy atom. The highest BCUT2D eigenvalue weighted by Gasteiger charge is 2.26. The van der Waals surface area contributed by atoms with E-state index in [1.807, 2.05) is 45.9 Å². The monoisotopic (exact) mass is 306 g/mol. The van der Waals surface area contributed by atoms with Crippen LogP contribution in [0.15, 0.2) is 18.2 Å². The van der Waals surface area contributed by atoms with E-state index in [0.717, 1.165) is 23.2 Å². The second kappa shape index (κ2) is 7.94. The van der Waals surface area contributed by atoms with Crippen LogP contribution in [0.3, 0.4) is 0 Å². The molecule has 2 N–H and O–H groups in total. The van der Waals surface area contributed by atoms with Crippen molar-refractivity contribution in [3.63, 3.8) is 0 Å². The molecule has 1 unspecified atom stereocenters. The van der Waals surface area contributed by atoms with Crippen molar-refractivity contribution in [2.45, 2.75) is 46.1 Å². The van der Waals surface area contributed by atoms with Crippen LogP contribution in [0.2, 0.25) is 0 Å². The molecule has 1 rings (SSSR count). The molecule has 0 spiro atoms. The number of nitrogens with one attached hydrogen (secondary N) is 2. The number of hydrogen-bond acceptors (Lipinski definition) is 4. The molecule has 1 amide bonds. The Morgan fingerprint density at radius 1 is 1.23 bits per heavy atom. The molecular formula is C17H26N2O3. The molecule has 22 heavy (non-hydrogen) atoms. The third-order valence-electron chi connectivity index (χ3n) is 3.96. The number of hydrogen-bond donors (Lipinski definition) is 2. The zero-order valence-corrected chi connectivity index (χ0v) is 14.1. The van der Waals surface area contributed by atoms with Gasteiger partial charge in [-0.25, -0.2) is 0 Å². The topological polar surface area (TPSA) is 67.4 Å². The first-order chi connectivity index (χ1) is 10.3. The van der Waals surface area contributed by atoms with Crippen LogP contribution >= 0.6 is 0 Å². The highest BCUT2D eigenvalue weighted by atomic mass is 16.5. The number of amides is 1. The number of carbonyl (C=O) groups excluding carboxylic acids is 2. The van der Waals surface area contributed by atoms with Gasteiger partial charge in [-0.3, -0.25) is 9.59 Å². The second-order valence-electron chi connectivity index (χ2n) is 5.84. The van der Waals surface area contributed by atoms with Crippen molar-refractivity contribution < 1.29 is 14.3 Å². The van der Waals surface area contributed by atoms with E-state index < -0.39 is 5.54 Å². The fourth-order valence-electron chi connectivity index (χ4n) is 2.19. The van der Waals surface area contributed by atoms with Gasteiger partial charge in [0.15, 0.2) is 0 Å². The van der Waals surface area contributed by atoms with Gasteiger partial charge in [-0.15, -0.1) is 0 Å². The van der Waals surface area contributed by atoms with Crippen LogP contribution in [-0.2, 0) is 14.3 Å². The van der Waals surface area contributed by atoms with Gasteiger partial charge < -0.3 is 15.4 Å². The first-order valence-electron chi connectivity index (χ1n) is 7.49. The first kappa shape index (κ1) is 18.2. The second-order valence-corrected chi connectivity index (χ2v) is 5.84. The van der Waals surface area contributed by atoms with Crippen molar-refractivity contribution in [1.82, 2.24) is 5.32 Å². The Kier molecular flexibility index (Phi) is 6.56. The molecular weight excluding hydrogens is 280 g/mol. The molecule has 0 fully saturated rings. The van der Waals surface area contributed by atoms with Crippen LogP contribution < -0.4 is 10.6 Å². The molecule has 1 aromatic rings. The van der Waals surface area contributed by atoms with Gasteiger partial charge in [-0.05, 0) is 38.3 Å². The number of esters is 1. The van der Waals surface area contributed by atoms with E-state index in [1.165, 1.54) is 7.11 Å². The lowest BCUT2D eigenvalue weighted by Crippen LogP contribution is -2.47. The standard InChI is InChI=1S/C17H26N2O3/c1-6-17(4,10-15(21)22-5)18-11-14(20)19-16-12(2)8-7-9-13(16)3/h7-9,18H,6,10-11H2,1-5H3,(H,19,20). The highest BCUT2D eigenvalue weighted by Crippen LogP contribution is 2.19. The van der Waals surface area contributed by atoms with Gasteiger partial charge in [0.1, 0.15) is 0 Å². The molecule has 0 aromatic heterocycles. The predicted octanol–water partition coefficient (Wildman–Crippen LogP) is 2.56. The summed E-state index contributed by atoms with van der Waals surface area (Å²) in [5.74, 6) is -0.408. The van der Waals surface area contributed by atoms with Gasteiger partial charge in [-0.1, -0.05) is 25.1 Å². The van der Waals surface area contributed by atoms with Crippen molar-refractivity contribution >= 4 is 17.6 Å². The number of rotatable bonds is 7. The van der Waals surface area contributed by atoms with Crippen molar-refractivity contribution in [1.29, 1.82) is 0 Å². The SMILES string of the molecule is CCC(C)(CC(=O)OC)NCC(=O)Nc1c(C)cccc1C. The smallest absolute Gasteiger partial charge is 0.307 e. The van der Waals surface area contributed by atoms with Crippen LogP contribution in [0, 0.1) is 13.8 Å². The maximum Gasteiger partial charge on any atom is 0.307 e. The summed E-state index contributed by atoms with van der Waals surface area (Å²) in [7, 11) is 1.37. The molecule has 122 valence electrons. The number of benzene rings is 1. The summed E-state index contributed by atoms with van der Waals surface area (Å²) in [6, 6.07) is 5.88. The van der Waals surface area contributed by atoms with E-state index in [1.54, 1.807) is 0 Å². The maximum atomic E-state index is 12.1. The normalized spacial score (nSPS) is 13.3. The molecule has 0 saturated heterocycles. The molecule has 0 aliphatic heterocycles. The number of para-hydroxylation sites is 1. The van der Waals surface area contributed by atoms with Crippen LogP contribution in [0.25, 0.3) is 0 Å². The van der Waals surface area contributed by atoms with Crippen molar-refractivity contribution in [3.8, 4) is 0 Å². The molecule has 0 heterocycles. The Bertz CT molecular complexity index is 522. The van der Waals surface area contributed by atoms with Gasteiger partial charge in [0.2, 0.25) is 5.91 Å². The van der Waals surface area contributed by atoms with E-state index in [9.17, 15) is 9.59 Å². The number of carbonyl (C=O) groups is 2. The summed E-state index contributed by atoms with van der Waals surface area (Å²) in [4.78, 5) is 23.6. The van der Waals surface area contributed by atoms with Gasteiger partial charge in [0, 0.05) is 11.2 Å². The Balaban J connectivity index is 2.63. The summed E-state index contributed by atoms with van der Waals surface area (Å²) in [5.41, 5.74) is 2.45. The summed E-state index contributed by atoms with van der Waals surface area (Å²) in [6.45, 7) is 7.96. The fraction of sp³-hybridized carbons (Fsp3) is 0.529. The third-order valence-corrected chi connectivity index (χ3v) is 3.96. The molecule has 1 atom stereocenters. The van der Waals surface area contributed by atoms with Crippen LogP contribution in [0.4, 0.5) is 5.69 Å². The molecule has 5 heteroatoms. The van der Waals surface area contributed by atoms with E-state index >= 15 is 0 Å². The zero-order valence-electron chi connectivity index (χ0n) is 14.1. The summed E-state index contributed by atoms with van der Waals surface area (Å²) in [6.07, 6.45) is 0.954. The fourth-order valence-corrected chi connectivity index (χ4v) is 2.19. The summed E-state index contributed by atoms with van der Waals surface area (Å²) in [5, 5.41) is 6.08. The number of ether oxygens (including phenoxy) is 1. The van der Waals surface area contributed by atoms with E-state index in [2.05, 4.69) is 10.6 Å². The van der Waals surface area contributed by atoms with Crippen molar-refractivity contribution in [2.24, 2.45) is 0 Å². The predicted molar refractivity (Wildman–Crippen MR) is 87.9 cm³/mol.